The molecule has 17 heavy (non-hydrogen) atoms. The van der Waals surface area contributed by atoms with Crippen LogP contribution < -0.4 is 0 Å². The lowest BCUT2D eigenvalue weighted by molar-refractivity contribution is -0.205. The second-order valence-electron chi connectivity index (χ2n) is 3.67. The first kappa shape index (κ1) is 12.3. The number of aromatic nitrogens is 1. The fourth-order valence-corrected chi connectivity index (χ4v) is 2.43. The summed E-state index contributed by atoms with van der Waals surface area (Å²) >= 11 is 1.36. The highest BCUT2D eigenvalue weighted by atomic mass is 32.1. The van der Waals surface area contributed by atoms with Gasteiger partial charge in [0.25, 0.3) is 0 Å². The van der Waals surface area contributed by atoms with Gasteiger partial charge in [0.2, 0.25) is 0 Å². The van der Waals surface area contributed by atoms with Crippen LogP contribution in [0.2, 0.25) is 0 Å². The molecule has 1 N–H and O–H groups in total. The number of nitrogens with zero attached hydrogens (tertiary/aromatic N) is 1. The van der Waals surface area contributed by atoms with Crippen LogP contribution in [0, 0.1) is 0 Å². The molecule has 92 valence electrons. The number of fused-ring (bicyclic) bond motifs is 1. The predicted octanol–water partition coefficient (Wildman–Crippen LogP) is 3.15. The maximum Gasteiger partial charge on any atom is 0.414 e. The van der Waals surface area contributed by atoms with E-state index in [9.17, 15) is 13.2 Å². The molecule has 1 atom stereocenters. The summed E-state index contributed by atoms with van der Waals surface area (Å²) in [4.78, 5) is 4.21. The molecule has 2 rings (SSSR count). The van der Waals surface area contributed by atoms with Crippen molar-refractivity contribution in [2.45, 2.75) is 25.1 Å². The van der Waals surface area contributed by atoms with E-state index in [1.54, 1.807) is 0 Å². The van der Waals surface area contributed by atoms with Crippen molar-refractivity contribution in [3.05, 3.63) is 29.3 Å². The normalized spacial score (nSPS) is 14.1. The lowest BCUT2D eigenvalue weighted by Gasteiger charge is -2.12. The summed E-state index contributed by atoms with van der Waals surface area (Å²) in [6.45, 7) is 0. The van der Waals surface area contributed by atoms with E-state index in [2.05, 4.69) is 4.98 Å². The first-order valence-corrected chi connectivity index (χ1v) is 5.87. The van der Waals surface area contributed by atoms with Gasteiger partial charge in [0.05, 0.1) is 15.2 Å². The Morgan fingerprint density at radius 3 is 2.65 bits per heavy atom. The van der Waals surface area contributed by atoms with Crippen molar-refractivity contribution in [1.29, 1.82) is 0 Å². The molecule has 0 amide bonds. The topological polar surface area (TPSA) is 33.1 Å². The average Bonchev–Trinajstić information content (AvgIpc) is 2.66. The first-order chi connectivity index (χ1) is 7.97. The molecule has 0 saturated heterocycles. The molecule has 2 nitrogen and oxygen atoms in total. The molecule has 0 spiro atoms. The van der Waals surface area contributed by atoms with Crippen LogP contribution in [0.3, 0.4) is 0 Å². The molecule has 0 fully saturated rings. The van der Waals surface area contributed by atoms with Crippen molar-refractivity contribution in [1.82, 2.24) is 4.98 Å². The van der Waals surface area contributed by atoms with Gasteiger partial charge in [-0.2, -0.15) is 13.2 Å². The SMILES string of the molecule is OC(CCc1nc2ccccc2s1)C(F)(F)F. The zero-order valence-corrected chi connectivity index (χ0v) is 9.55. The van der Waals surface area contributed by atoms with Crippen molar-refractivity contribution in [2.75, 3.05) is 0 Å². The van der Waals surface area contributed by atoms with Crippen LogP contribution in [0.25, 0.3) is 10.2 Å². The van der Waals surface area contributed by atoms with E-state index in [0.29, 0.717) is 5.01 Å². The zero-order valence-electron chi connectivity index (χ0n) is 8.74. The van der Waals surface area contributed by atoms with Gasteiger partial charge in [0.1, 0.15) is 6.10 Å². The number of rotatable bonds is 3. The Hall–Kier alpha value is -1.14. The number of halogens is 3. The van der Waals surface area contributed by atoms with Crippen molar-refractivity contribution in [3.63, 3.8) is 0 Å². The van der Waals surface area contributed by atoms with Gasteiger partial charge < -0.3 is 5.11 Å². The minimum absolute atomic E-state index is 0.139. The lowest BCUT2D eigenvalue weighted by Crippen LogP contribution is -2.28. The van der Waals surface area contributed by atoms with E-state index in [1.807, 2.05) is 24.3 Å². The van der Waals surface area contributed by atoms with Gasteiger partial charge in [-0.15, -0.1) is 11.3 Å². The minimum Gasteiger partial charge on any atom is -0.384 e. The average molecular weight is 261 g/mol. The molecule has 0 aliphatic heterocycles. The number of aliphatic hydroxyl groups excluding tert-OH is 1. The molecule has 1 aromatic carbocycles. The largest absolute Gasteiger partial charge is 0.414 e. The standard InChI is InChI=1S/C11H10F3NOS/c12-11(13,14)9(16)5-6-10-15-7-3-1-2-4-8(7)17-10/h1-4,9,16H,5-6H2. The van der Waals surface area contributed by atoms with Crippen LogP contribution in [0.4, 0.5) is 13.2 Å². The van der Waals surface area contributed by atoms with E-state index in [1.165, 1.54) is 11.3 Å². The van der Waals surface area contributed by atoms with Crippen molar-refractivity contribution in [2.24, 2.45) is 0 Å². The zero-order chi connectivity index (χ0) is 12.5. The number of benzene rings is 1. The Kier molecular flexibility index (Phi) is 3.35. The Morgan fingerprint density at radius 2 is 2.00 bits per heavy atom. The smallest absolute Gasteiger partial charge is 0.384 e. The number of aliphatic hydroxyl groups is 1. The summed E-state index contributed by atoms with van der Waals surface area (Å²) in [7, 11) is 0. The number of hydrogen-bond acceptors (Lipinski definition) is 3. The third-order valence-corrected chi connectivity index (χ3v) is 3.44. The van der Waals surface area contributed by atoms with Crippen molar-refractivity contribution < 1.29 is 18.3 Å². The van der Waals surface area contributed by atoms with E-state index in [4.69, 9.17) is 5.11 Å². The molecule has 0 bridgehead atoms. The van der Waals surface area contributed by atoms with E-state index < -0.39 is 12.3 Å². The van der Waals surface area contributed by atoms with Crippen LogP contribution in [-0.4, -0.2) is 22.4 Å². The molecule has 0 aliphatic rings. The molecular weight excluding hydrogens is 251 g/mol. The minimum atomic E-state index is -4.54. The first-order valence-electron chi connectivity index (χ1n) is 5.06. The second-order valence-corrected chi connectivity index (χ2v) is 4.79. The van der Waals surface area contributed by atoms with Crippen molar-refractivity contribution in [3.8, 4) is 0 Å². The van der Waals surface area contributed by atoms with E-state index in [-0.39, 0.29) is 12.8 Å². The molecule has 0 radical (unpaired) electrons. The van der Waals surface area contributed by atoms with Gasteiger partial charge in [-0.25, -0.2) is 4.98 Å². The third kappa shape index (κ3) is 2.95. The van der Waals surface area contributed by atoms with E-state index in [0.717, 1.165) is 10.2 Å². The molecule has 0 saturated carbocycles. The maximum absolute atomic E-state index is 12.1. The Labute approximate surface area is 99.7 Å². The van der Waals surface area contributed by atoms with Crippen LogP contribution in [0.15, 0.2) is 24.3 Å². The second kappa shape index (κ2) is 4.62. The van der Waals surface area contributed by atoms with Gasteiger partial charge in [0.15, 0.2) is 0 Å². The highest BCUT2D eigenvalue weighted by Gasteiger charge is 2.37. The van der Waals surface area contributed by atoms with Crippen LogP contribution >= 0.6 is 11.3 Å². The summed E-state index contributed by atoms with van der Waals surface area (Å²) < 4.78 is 37.2. The third-order valence-electron chi connectivity index (χ3n) is 2.35. The summed E-state index contributed by atoms with van der Waals surface area (Å²) in [5.74, 6) is 0. The van der Waals surface area contributed by atoms with Gasteiger partial charge >= 0.3 is 6.18 Å². The highest BCUT2D eigenvalue weighted by Crippen LogP contribution is 2.26. The molecule has 1 aromatic heterocycles. The summed E-state index contributed by atoms with van der Waals surface area (Å²) in [6.07, 6.45) is -7.02. The molecule has 6 heteroatoms. The number of alkyl halides is 3. The predicted molar refractivity (Wildman–Crippen MR) is 60.0 cm³/mol. The fourth-order valence-electron chi connectivity index (χ4n) is 1.45. The summed E-state index contributed by atoms with van der Waals surface area (Å²) in [5, 5.41) is 9.49. The Morgan fingerprint density at radius 1 is 1.29 bits per heavy atom. The molecule has 0 aliphatic carbocycles. The maximum atomic E-state index is 12.1. The molecule has 1 heterocycles. The van der Waals surface area contributed by atoms with Crippen molar-refractivity contribution >= 4 is 21.6 Å². The Bertz CT molecular complexity index is 476. The molecule has 1 unspecified atom stereocenters. The van der Waals surface area contributed by atoms with Crippen LogP contribution in [-0.2, 0) is 6.42 Å². The number of thiazole rings is 1. The van der Waals surface area contributed by atoms with Crippen LogP contribution in [0.5, 0.6) is 0 Å². The molecule has 2 aromatic rings. The number of hydrogen-bond donors (Lipinski definition) is 1. The fraction of sp³-hybridized carbons (Fsp3) is 0.364. The van der Waals surface area contributed by atoms with E-state index >= 15 is 0 Å². The highest BCUT2D eigenvalue weighted by molar-refractivity contribution is 7.18. The summed E-state index contributed by atoms with van der Waals surface area (Å²) in [6, 6.07) is 7.37. The quantitative estimate of drug-likeness (QED) is 0.920. The molecular formula is C11H10F3NOS. The van der Waals surface area contributed by atoms with Crippen LogP contribution in [0.1, 0.15) is 11.4 Å². The number of aryl methyl sites for hydroxylation is 1. The Balaban J connectivity index is 2.04. The van der Waals surface area contributed by atoms with Gasteiger partial charge in [-0.05, 0) is 18.6 Å². The van der Waals surface area contributed by atoms with Gasteiger partial charge in [-0.3, -0.25) is 0 Å². The van der Waals surface area contributed by atoms with Gasteiger partial charge in [0, 0.05) is 6.42 Å². The summed E-state index contributed by atoms with van der Waals surface area (Å²) in [5.41, 5.74) is 0.786. The van der Waals surface area contributed by atoms with Gasteiger partial charge in [-0.1, -0.05) is 12.1 Å². The number of para-hydroxylation sites is 1. The lowest BCUT2D eigenvalue weighted by atomic mass is 10.2. The monoisotopic (exact) mass is 261 g/mol.